The molecule has 0 radical (unpaired) electrons. The Bertz CT molecular complexity index is 353. The molecule has 0 amide bonds. The summed E-state index contributed by atoms with van der Waals surface area (Å²) >= 11 is 0. The van der Waals surface area contributed by atoms with E-state index in [1.165, 1.54) is 24.1 Å². The lowest BCUT2D eigenvalue weighted by Crippen LogP contribution is -2.27. The molecule has 4 heteroatoms. The van der Waals surface area contributed by atoms with Gasteiger partial charge in [-0.05, 0) is 45.7 Å². The average Bonchev–Trinajstić information content (AvgIpc) is 2.66. The number of rotatable bonds is 3. The van der Waals surface area contributed by atoms with Gasteiger partial charge in [0.1, 0.15) is 0 Å². The Morgan fingerprint density at radius 2 is 2.12 bits per heavy atom. The van der Waals surface area contributed by atoms with Gasteiger partial charge in [0.25, 0.3) is 0 Å². The second kappa shape index (κ2) is 4.87. The van der Waals surface area contributed by atoms with Crippen LogP contribution in [-0.2, 0) is 6.54 Å². The van der Waals surface area contributed by atoms with E-state index in [4.69, 9.17) is 4.74 Å². The summed E-state index contributed by atoms with van der Waals surface area (Å²) in [5.41, 5.74) is 2.59. The summed E-state index contributed by atoms with van der Waals surface area (Å²) in [6.07, 6.45) is 2.37. The molecule has 1 saturated heterocycles. The number of nitrogens with zero attached hydrogens (tertiary/aromatic N) is 2. The Hall–Kier alpha value is -1.03. The maximum absolute atomic E-state index is 5.41. The summed E-state index contributed by atoms with van der Waals surface area (Å²) < 4.78 is 7.45. The molecule has 0 bridgehead atoms. The number of hydrogen-bond acceptors (Lipinski definition) is 3. The highest BCUT2D eigenvalue weighted by molar-refractivity contribution is 5.34. The van der Waals surface area contributed by atoms with Crippen LogP contribution in [0.25, 0.3) is 0 Å². The molecule has 0 unspecified atom stereocenters. The van der Waals surface area contributed by atoms with Crippen LogP contribution in [0.1, 0.15) is 36.9 Å². The molecular weight excluding hydrogens is 202 g/mol. The zero-order valence-electron chi connectivity index (χ0n) is 10.4. The highest BCUT2D eigenvalue weighted by Gasteiger charge is 2.24. The smallest absolute Gasteiger partial charge is 0.236 e. The van der Waals surface area contributed by atoms with Gasteiger partial charge in [-0.3, -0.25) is 4.68 Å². The Morgan fingerprint density at radius 1 is 1.44 bits per heavy atom. The standard InChI is InChI=1S/C12H21N3O/c1-4-15-9(2)11(12(14-15)16-3)10-5-7-13-8-6-10/h10,13H,4-8H2,1-3H3. The van der Waals surface area contributed by atoms with Gasteiger partial charge in [-0.25, -0.2) is 0 Å². The van der Waals surface area contributed by atoms with Gasteiger partial charge in [-0.15, -0.1) is 5.10 Å². The van der Waals surface area contributed by atoms with Gasteiger partial charge in [0.15, 0.2) is 0 Å². The molecule has 1 aliphatic heterocycles. The second-order valence-corrected chi connectivity index (χ2v) is 4.35. The summed E-state index contributed by atoms with van der Waals surface area (Å²) in [6.45, 7) is 7.38. The van der Waals surface area contributed by atoms with Crippen LogP contribution in [0.2, 0.25) is 0 Å². The van der Waals surface area contributed by atoms with E-state index in [2.05, 4.69) is 24.3 Å². The van der Waals surface area contributed by atoms with Crippen LogP contribution < -0.4 is 10.1 Å². The van der Waals surface area contributed by atoms with Crippen molar-refractivity contribution in [2.24, 2.45) is 0 Å². The Kier molecular flexibility index (Phi) is 3.49. The van der Waals surface area contributed by atoms with E-state index >= 15 is 0 Å². The number of methoxy groups -OCH3 is 1. The molecule has 0 atom stereocenters. The summed E-state index contributed by atoms with van der Waals surface area (Å²) in [4.78, 5) is 0. The number of aryl methyl sites for hydroxylation is 1. The lowest BCUT2D eigenvalue weighted by atomic mass is 9.90. The SMILES string of the molecule is CCn1nc(OC)c(C2CCNCC2)c1C. The average molecular weight is 223 g/mol. The summed E-state index contributed by atoms with van der Waals surface area (Å²) in [5, 5.41) is 7.89. The van der Waals surface area contributed by atoms with E-state index in [0.29, 0.717) is 5.92 Å². The summed E-state index contributed by atoms with van der Waals surface area (Å²) in [6, 6.07) is 0. The lowest BCUT2D eigenvalue weighted by molar-refractivity contribution is 0.374. The first-order valence-corrected chi connectivity index (χ1v) is 6.10. The fraction of sp³-hybridized carbons (Fsp3) is 0.750. The normalized spacial score (nSPS) is 17.7. The van der Waals surface area contributed by atoms with E-state index in [9.17, 15) is 0 Å². The molecule has 0 saturated carbocycles. The number of nitrogens with one attached hydrogen (secondary N) is 1. The molecule has 90 valence electrons. The van der Waals surface area contributed by atoms with Gasteiger partial charge < -0.3 is 10.1 Å². The predicted octanol–water partition coefficient (Wildman–Crippen LogP) is 1.69. The van der Waals surface area contributed by atoms with Crippen molar-refractivity contribution in [2.45, 2.75) is 39.2 Å². The minimum atomic E-state index is 0.608. The second-order valence-electron chi connectivity index (χ2n) is 4.35. The quantitative estimate of drug-likeness (QED) is 0.847. The predicted molar refractivity (Wildman–Crippen MR) is 64.0 cm³/mol. The fourth-order valence-corrected chi connectivity index (χ4v) is 2.57. The van der Waals surface area contributed by atoms with Crippen molar-refractivity contribution in [1.29, 1.82) is 0 Å². The first-order valence-electron chi connectivity index (χ1n) is 6.10. The van der Waals surface area contributed by atoms with Crippen molar-refractivity contribution in [3.8, 4) is 5.88 Å². The van der Waals surface area contributed by atoms with E-state index in [1.807, 2.05) is 4.68 Å². The van der Waals surface area contributed by atoms with Crippen LogP contribution in [0, 0.1) is 6.92 Å². The van der Waals surface area contributed by atoms with Crippen molar-refractivity contribution in [2.75, 3.05) is 20.2 Å². The van der Waals surface area contributed by atoms with Crippen molar-refractivity contribution >= 4 is 0 Å². The third-order valence-electron chi connectivity index (χ3n) is 3.46. The molecule has 0 aliphatic carbocycles. The van der Waals surface area contributed by atoms with Crippen molar-refractivity contribution < 1.29 is 4.74 Å². The zero-order valence-corrected chi connectivity index (χ0v) is 10.4. The van der Waals surface area contributed by atoms with Crippen molar-refractivity contribution in [1.82, 2.24) is 15.1 Å². The number of hydrogen-bond donors (Lipinski definition) is 1. The van der Waals surface area contributed by atoms with Crippen molar-refractivity contribution in [3.05, 3.63) is 11.3 Å². The Balaban J connectivity index is 2.32. The third-order valence-corrected chi connectivity index (χ3v) is 3.46. The molecule has 1 aliphatic rings. The van der Waals surface area contributed by atoms with Gasteiger partial charge in [0.2, 0.25) is 5.88 Å². The van der Waals surface area contributed by atoms with Gasteiger partial charge in [0.05, 0.1) is 7.11 Å². The van der Waals surface area contributed by atoms with Crippen LogP contribution in [0.3, 0.4) is 0 Å². The molecule has 2 heterocycles. The number of piperidine rings is 1. The van der Waals surface area contributed by atoms with Crippen LogP contribution in [0.15, 0.2) is 0 Å². The van der Waals surface area contributed by atoms with Crippen LogP contribution in [0.5, 0.6) is 5.88 Å². The molecular formula is C12H21N3O. The highest BCUT2D eigenvalue weighted by atomic mass is 16.5. The minimum absolute atomic E-state index is 0.608. The fourth-order valence-electron chi connectivity index (χ4n) is 2.57. The molecule has 4 nitrogen and oxygen atoms in total. The van der Waals surface area contributed by atoms with E-state index in [1.54, 1.807) is 7.11 Å². The van der Waals surface area contributed by atoms with Gasteiger partial charge in [-0.2, -0.15) is 0 Å². The van der Waals surface area contributed by atoms with Gasteiger partial charge >= 0.3 is 0 Å². The summed E-state index contributed by atoms with van der Waals surface area (Å²) in [7, 11) is 1.71. The van der Waals surface area contributed by atoms with Crippen molar-refractivity contribution in [3.63, 3.8) is 0 Å². The highest BCUT2D eigenvalue weighted by Crippen LogP contribution is 2.34. The third kappa shape index (κ3) is 1.94. The molecule has 1 fully saturated rings. The van der Waals surface area contributed by atoms with Gasteiger partial charge in [-0.1, -0.05) is 0 Å². The molecule has 0 spiro atoms. The molecule has 1 N–H and O–H groups in total. The van der Waals surface area contributed by atoms with E-state index in [-0.39, 0.29) is 0 Å². The Morgan fingerprint density at radius 3 is 2.69 bits per heavy atom. The number of aromatic nitrogens is 2. The molecule has 2 rings (SSSR count). The monoisotopic (exact) mass is 223 g/mol. The maximum Gasteiger partial charge on any atom is 0.236 e. The number of ether oxygens (including phenoxy) is 1. The topological polar surface area (TPSA) is 39.1 Å². The molecule has 0 aromatic carbocycles. The summed E-state index contributed by atoms with van der Waals surface area (Å²) in [5.74, 6) is 1.43. The van der Waals surface area contributed by atoms with E-state index < -0.39 is 0 Å². The van der Waals surface area contributed by atoms with Gasteiger partial charge in [0, 0.05) is 17.8 Å². The first kappa shape index (κ1) is 11.5. The van der Waals surface area contributed by atoms with E-state index in [0.717, 1.165) is 25.5 Å². The first-order chi connectivity index (χ1) is 7.77. The van der Waals surface area contributed by atoms with Crippen LogP contribution in [0.4, 0.5) is 0 Å². The van der Waals surface area contributed by atoms with Crippen LogP contribution in [-0.4, -0.2) is 30.0 Å². The minimum Gasteiger partial charge on any atom is -0.480 e. The molecule has 1 aromatic rings. The molecule has 16 heavy (non-hydrogen) atoms. The molecule has 1 aromatic heterocycles. The van der Waals surface area contributed by atoms with Crippen LogP contribution >= 0.6 is 0 Å². The largest absolute Gasteiger partial charge is 0.480 e. The lowest BCUT2D eigenvalue weighted by Gasteiger charge is -2.23. The maximum atomic E-state index is 5.41. The zero-order chi connectivity index (χ0) is 11.5. The Labute approximate surface area is 97.0 Å².